The summed E-state index contributed by atoms with van der Waals surface area (Å²) in [6.07, 6.45) is 1.39. The van der Waals surface area contributed by atoms with Crippen molar-refractivity contribution in [1.29, 1.82) is 0 Å². The highest BCUT2D eigenvalue weighted by Gasteiger charge is 2.31. The van der Waals surface area contributed by atoms with Gasteiger partial charge in [-0.3, -0.25) is 4.79 Å². The number of hydrogen-bond acceptors (Lipinski definition) is 5. The molecular formula is C11H23N3O4S. The fourth-order valence-electron chi connectivity index (χ4n) is 2.13. The Morgan fingerprint density at radius 2 is 2.05 bits per heavy atom. The maximum Gasteiger partial charge on any atom is 0.232 e. The zero-order chi connectivity index (χ0) is 14.3. The summed E-state index contributed by atoms with van der Waals surface area (Å²) in [4.78, 5) is 11.1. The molecule has 1 fully saturated rings. The van der Waals surface area contributed by atoms with E-state index in [2.05, 4.69) is 5.32 Å². The van der Waals surface area contributed by atoms with E-state index in [-0.39, 0.29) is 24.9 Å². The van der Waals surface area contributed by atoms with Crippen molar-refractivity contribution in [3.8, 4) is 0 Å². The third-order valence-electron chi connectivity index (χ3n) is 3.07. The van der Waals surface area contributed by atoms with Crippen LogP contribution in [-0.2, 0) is 19.6 Å². The van der Waals surface area contributed by atoms with Gasteiger partial charge in [0.05, 0.1) is 18.9 Å². The Labute approximate surface area is 114 Å². The van der Waals surface area contributed by atoms with E-state index in [9.17, 15) is 13.2 Å². The van der Waals surface area contributed by atoms with Gasteiger partial charge >= 0.3 is 0 Å². The minimum atomic E-state index is -3.51. The summed E-state index contributed by atoms with van der Waals surface area (Å²) in [5, 5.41) is 3.16. The molecule has 0 bridgehead atoms. The van der Waals surface area contributed by atoms with Gasteiger partial charge in [-0.2, -0.15) is 4.31 Å². The number of rotatable bonds is 8. The van der Waals surface area contributed by atoms with E-state index in [1.54, 1.807) is 6.92 Å². The molecule has 0 aromatic carbocycles. The molecular weight excluding hydrogens is 270 g/mol. The topological polar surface area (TPSA) is 102 Å². The second-order valence-electron chi connectivity index (χ2n) is 4.51. The molecule has 0 unspecified atom stereocenters. The summed E-state index contributed by atoms with van der Waals surface area (Å²) in [6, 6.07) is -0.152. The zero-order valence-corrected chi connectivity index (χ0v) is 12.1. The van der Waals surface area contributed by atoms with E-state index in [1.807, 2.05) is 0 Å². The molecule has 8 heteroatoms. The number of primary amides is 1. The average Bonchev–Trinajstić information content (AvgIpc) is 2.37. The van der Waals surface area contributed by atoms with Crippen LogP contribution in [-0.4, -0.2) is 63.3 Å². The monoisotopic (exact) mass is 293 g/mol. The van der Waals surface area contributed by atoms with Crippen LogP contribution >= 0.6 is 0 Å². The van der Waals surface area contributed by atoms with Crippen LogP contribution in [0.3, 0.4) is 0 Å². The van der Waals surface area contributed by atoms with Crippen LogP contribution in [0, 0.1) is 0 Å². The summed E-state index contributed by atoms with van der Waals surface area (Å²) < 4.78 is 30.8. The van der Waals surface area contributed by atoms with E-state index in [4.69, 9.17) is 10.5 Å². The first kappa shape index (κ1) is 16.4. The lowest BCUT2D eigenvalue weighted by atomic mass is 10.1. The molecule has 1 aliphatic heterocycles. The van der Waals surface area contributed by atoms with Crippen molar-refractivity contribution >= 4 is 15.9 Å². The van der Waals surface area contributed by atoms with Crippen molar-refractivity contribution in [2.24, 2.45) is 5.73 Å². The molecule has 7 nitrogen and oxygen atoms in total. The first-order valence-corrected chi connectivity index (χ1v) is 8.14. The van der Waals surface area contributed by atoms with Crippen molar-refractivity contribution in [2.45, 2.75) is 25.8 Å². The number of hydrogen-bond donors (Lipinski definition) is 2. The van der Waals surface area contributed by atoms with Crippen LogP contribution in [0.15, 0.2) is 0 Å². The van der Waals surface area contributed by atoms with E-state index >= 15 is 0 Å². The molecule has 3 N–H and O–H groups in total. The first-order valence-electron chi connectivity index (χ1n) is 6.53. The zero-order valence-electron chi connectivity index (χ0n) is 11.3. The second kappa shape index (κ2) is 7.78. The molecule has 0 radical (unpaired) electrons. The Kier molecular flexibility index (Phi) is 6.70. The largest absolute Gasteiger partial charge is 0.381 e. The molecule has 0 saturated carbocycles. The Balaban J connectivity index is 2.73. The van der Waals surface area contributed by atoms with Crippen LogP contribution in [0.25, 0.3) is 0 Å². The van der Waals surface area contributed by atoms with Gasteiger partial charge in [-0.15, -0.1) is 0 Å². The highest BCUT2D eigenvalue weighted by Crippen LogP contribution is 2.16. The summed E-state index contributed by atoms with van der Waals surface area (Å²) in [6.45, 7) is 3.67. The Morgan fingerprint density at radius 1 is 1.42 bits per heavy atom. The van der Waals surface area contributed by atoms with Gasteiger partial charge in [0.2, 0.25) is 15.9 Å². The summed E-state index contributed by atoms with van der Waals surface area (Å²) in [5.41, 5.74) is 5.16. The molecule has 0 spiro atoms. The Hall–Kier alpha value is -0.700. The molecule has 112 valence electrons. The van der Waals surface area contributed by atoms with E-state index < -0.39 is 15.9 Å². The number of piperidine rings is 1. The number of carbonyl (C=O) groups excluding carboxylic acids is 1. The molecule has 19 heavy (non-hydrogen) atoms. The van der Waals surface area contributed by atoms with Crippen LogP contribution in [0.1, 0.15) is 19.8 Å². The van der Waals surface area contributed by atoms with E-state index in [1.165, 1.54) is 4.31 Å². The molecule has 1 aliphatic rings. The number of sulfonamides is 1. The lowest BCUT2D eigenvalue weighted by molar-refractivity contribution is -0.118. The predicted octanol–water partition coefficient (Wildman–Crippen LogP) is -1.11. The lowest BCUT2D eigenvalue weighted by Crippen LogP contribution is -2.50. The van der Waals surface area contributed by atoms with E-state index in [0.717, 1.165) is 13.1 Å². The fraction of sp³-hybridized carbons (Fsp3) is 0.909. The molecule has 1 heterocycles. The van der Waals surface area contributed by atoms with Gasteiger partial charge in [0.15, 0.2) is 0 Å². The maximum atomic E-state index is 12.3. The molecule has 0 atom stereocenters. The number of amides is 1. The summed E-state index contributed by atoms with van der Waals surface area (Å²) >= 11 is 0. The first-order chi connectivity index (χ1) is 8.97. The number of nitrogens with zero attached hydrogens (tertiary/aromatic N) is 1. The standard InChI is InChI=1S/C11H23N3O4S/c1-2-18-7-8-19(16,17)14(9-11(12)15)10-3-5-13-6-4-10/h10,13H,2-9H2,1H3,(H2,12,15). The molecule has 1 rings (SSSR count). The lowest BCUT2D eigenvalue weighted by Gasteiger charge is -2.32. The summed E-state index contributed by atoms with van der Waals surface area (Å²) in [5.74, 6) is -0.739. The number of nitrogens with one attached hydrogen (secondary N) is 1. The molecule has 0 aromatic rings. The van der Waals surface area contributed by atoms with Crippen LogP contribution < -0.4 is 11.1 Å². The molecule has 1 amide bonds. The minimum absolute atomic E-state index is 0.113. The number of carbonyl (C=O) groups is 1. The van der Waals surface area contributed by atoms with Crippen LogP contribution in [0.5, 0.6) is 0 Å². The predicted molar refractivity (Wildman–Crippen MR) is 72.1 cm³/mol. The normalized spacial score (nSPS) is 17.8. The van der Waals surface area contributed by atoms with Gasteiger partial charge in [0, 0.05) is 12.6 Å². The Morgan fingerprint density at radius 3 is 2.58 bits per heavy atom. The molecule has 0 aliphatic carbocycles. The third kappa shape index (κ3) is 5.43. The Bertz CT molecular complexity index is 379. The molecule has 1 saturated heterocycles. The van der Waals surface area contributed by atoms with Crippen molar-refractivity contribution in [3.63, 3.8) is 0 Å². The van der Waals surface area contributed by atoms with Gasteiger partial charge < -0.3 is 15.8 Å². The van der Waals surface area contributed by atoms with Crippen LogP contribution in [0.4, 0.5) is 0 Å². The third-order valence-corrected chi connectivity index (χ3v) is 4.90. The van der Waals surface area contributed by atoms with Gasteiger partial charge in [-0.1, -0.05) is 0 Å². The molecule has 0 aromatic heterocycles. The highest BCUT2D eigenvalue weighted by atomic mass is 32.2. The minimum Gasteiger partial charge on any atom is -0.381 e. The maximum absolute atomic E-state index is 12.3. The quantitative estimate of drug-likeness (QED) is 0.553. The smallest absolute Gasteiger partial charge is 0.232 e. The van der Waals surface area contributed by atoms with Gasteiger partial charge in [0.25, 0.3) is 0 Å². The van der Waals surface area contributed by atoms with Gasteiger partial charge in [0.1, 0.15) is 0 Å². The number of nitrogens with two attached hydrogens (primary N) is 1. The van der Waals surface area contributed by atoms with Crippen molar-refractivity contribution in [2.75, 3.05) is 38.6 Å². The van der Waals surface area contributed by atoms with Gasteiger partial charge in [-0.25, -0.2) is 8.42 Å². The summed E-state index contributed by atoms with van der Waals surface area (Å²) in [7, 11) is -3.51. The fourth-order valence-corrected chi connectivity index (χ4v) is 3.68. The SMILES string of the molecule is CCOCCS(=O)(=O)N(CC(N)=O)C1CCNCC1. The average molecular weight is 293 g/mol. The van der Waals surface area contributed by atoms with E-state index in [0.29, 0.717) is 19.4 Å². The van der Waals surface area contributed by atoms with Crippen molar-refractivity contribution in [1.82, 2.24) is 9.62 Å². The second-order valence-corrected chi connectivity index (χ2v) is 6.55. The van der Waals surface area contributed by atoms with Crippen molar-refractivity contribution < 1.29 is 17.9 Å². The van der Waals surface area contributed by atoms with Crippen LogP contribution in [0.2, 0.25) is 0 Å². The number of ether oxygens (including phenoxy) is 1. The van der Waals surface area contributed by atoms with Gasteiger partial charge in [-0.05, 0) is 32.9 Å². The van der Waals surface area contributed by atoms with Crippen molar-refractivity contribution in [3.05, 3.63) is 0 Å². The highest BCUT2D eigenvalue weighted by molar-refractivity contribution is 7.89.